The lowest BCUT2D eigenvalue weighted by Gasteiger charge is -2.31. The summed E-state index contributed by atoms with van der Waals surface area (Å²) in [6, 6.07) is 0.323. The van der Waals surface area contributed by atoms with Crippen LogP contribution >= 0.6 is 0 Å². The summed E-state index contributed by atoms with van der Waals surface area (Å²) in [4.78, 5) is 0. The number of hydroxylamine groups is 3. The molecule has 0 aliphatic carbocycles. The fourth-order valence-electron chi connectivity index (χ4n) is 1.14. The van der Waals surface area contributed by atoms with Crippen LogP contribution in [0.3, 0.4) is 0 Å². The topological polar surface area (TPSA) is 46.2 Å². The molecule has 0 atom stereocenters. The van der Waals surface area contributed by atoms with Gasteiger partial charge >= 0.3 is 0 Å². The molecule has 3 heteroatoms. The van der Waals surface area contributed by atoms with Crippen LogP contribution < -0.4 is 5.73 Å². The maximum absolute atomic E-state index is 9.37. The lowest BCUT2D eigenvalue weighted by atomic mass is 10.1. The highest BCUT2D eigenvalue weighted by Gasteiger charge is 2.26. The Kier molecular flexibility index (Phi) is 4.65. The van der Waals surface area contributed by atoms with Crippen LogP contribution in [0.2, 0.25) is 0 Å². The largest absolute Gasteiger partial charge is 0.327 e. The number of rotatable bonds is 0. The zero-order valence-corrected chi connectivity index (χ0v) is 7.88. The molecule has 3 N–H and O–H groups in total. The highest BCUT2D eigenvalue weighted by atomic mass is 16.5. The van der Waals surface area contributed by atoms with E-state index in [4.69, 9.17) is 5.73 Å². The molecule has 0 spiro atoms. The van der Waals surface area contributed by atoms with Crippen LogP contribution in [0.1, 0.15) is 26.7 Å². The molecule has 0 unspecified atom stereocenters. The Bertz CT molecular complexity index is 94.3. The predicted molar refractivity (Wildman–Crippen MR) is 46.3 cm³/mol. The monoisotopic (exact) mass is 161 g/mol. The maximum Gasteiger partial charge on any atom is 0.110 e. The van der Waals surface area contributed by atoms with Gasteiger partial charge < -0.3 is 5.73 Å². The van der Waals surface area contributed by atoms with Crippen molar-refractivity contribution < 1.29 is 9.85 Å². The molecule has 11 heavy (non-hydrogen) atoms. The average molecular weight is 161 g/mol. The number of hydrogen-bond acceptors (Lipinski definition) is 2. The molecule has 0 radical (unpaired) electrons. The molecular formula is C8H21N2O+. The molecule has 0 amide bonds. The quantitative estimate of drug-likeness (QED) is 0.520. The van der Waals surface area contributed by atoms with Gasteiger partial charge in [0.05, 0.1) is 7.05 Å². The summed E-state index contributed by atoms with van der Waals surface area (Å²) in [5, 5.41) is 9.37. The Morgan fingerprint density at radius 3 is 1.91 bits per heavy atom. The van der Waals surface area contributed by atoms with Gasteiger partial charge in [0.25, 0.3) is 0 Å². The van der Waals surface area contributed by atoms with Gasteiger partial charge in [-0.05, 0) is 0 Å². The van der Waals surface area contributed by atoms with Crippen LogP contribution in [0.15, 0.2) is 0 Å². The first-order chi connectivity index (χ1) is 5.10. The summed E-state index contributed by atoms with van der Waals surface area (Å²) in [7, 11) is 1.83. The zero-order valence-electron chi connectivity index (χ0n) is 7.88. The van der Waals surface area contributed by atoms with E-state index in [1.165, 1.54) is 0 Å². The van der Waals surface area contributed by atoms with E-state index in [2.05, 4.69) is 0 Å². The minimum atomic E-state index is 0.160. The third-order valence-corrected chi connectivity index (χ3v) is 1.96. The van der Waals surface area contributed by atoms with E-state index in [1.807, 2.05) is 20.9 Å². The standard InChI is InChI=1S/C6H15N2O.C2H6/c1-8(9)4-2-6(7)3-5-8;1-2/h6,9H,2-5,7H2,1H3;1-2H3/q+1;. The highest BCUT2D eigenvalue weighted by molar-refractivity contribution is 4.63. The molecule has 1 saturated heterocycles. The number of nitrogens with zero attached hydrogens (tertiary/aromatic N) is 1. The Morgan fingerprint density at radius 2 is 1.64 bits per heavy atom. The third kappa shape index (κ3) is 4.35. The Balaban J connectivity index is 0.000000461. The van der Waals surface area contributed by atoms with Crippen molar-refractivity contribution in [3.05, 3.63) is 0 Å². The van der Waals surface area contributed by atoms with E-state index in [1.54, 1.807) is 0 Å². The first-order valence-electron chi connectivity index (χ1n) is 4.43. The van der Waals surface area contributed by atoms with Gasteiger partial charge in [-0.25, -0.2) is 5.21 Å². The van der Waals surface area contributed by atoms with Gasteiger partial charge in [-0.3, -0.25) is 0 Å². The van der Waals surface area contributed by atoms with Crippen LogP contribution in [-0.2, 0) is 0 Å². The molecule has 0 bridgehead atoms. The summed E-state index contributed by atoms with van der Waals surface area (Å²) in [6.07, 6.45) is 1.90. The molecule has 68 valence electrons. The SMILES string of the molecule is CC.C[N+]1(O)CCC(N)CC1. The molecule has 1 rings (SSSR count). The van der Waals surface area contributed by atoms with Gasteiger partial charge in [0.15, 0.2) is 0 Å². The van der Waals surface area contributed by atoms with Gasteiger partial charge in [0.2, 0.25) is 0 Å². The average Bonchev–Trinajstić information content (AvgIpc) is 2.00. The number of nitrogens with two attached hydrogens (primary N) is 1. The minimum absolute atomic E-state index is 0.160. The molecule has 0 aromatic rings. The van der Waals surface area contributed by atoms with E-state index in [-0.39, 0.29) is 4.65 Å². The van der Waals surface area contributed by atoms with Crippen LogP contribution in [-0.4, -0.2) is 36.0 Å². The van der Waals surface area contributed by atoms with Crippen molar-refractivity contribution >= 4 is 0 Å². The molecule has 1 heterocycles. The van der Waals surface area contributed by atoms with Crippen molar-refractivity contribution in [1.29, 1.82) is 0 Å². The summed E-state index contributed by atoms with van der Waals surface area (Å²) in [5.74, 6) is 0. The Morgan fingerprint density at radius 1 is 1.27 bits per heavy atom. The van der Waals surface area contributed by atoms with E-state index in [0.717, 1.165) is 25.9 Å². The second-order valence-electron chi connectivity index (χ2n) is 3.12. The van der Waals surface area contributed by atoms with Crippen molar-refractivity contribution in [2.75, 3.05) is 20.1 Å². The van der Waals surface area contributed by atoms with E-state index >= 15 is 0 Å². The third-order valence-electron chi connectivity index (χ3n) is 1.96. The van der Waals surface area contributed by atoms with E-state index in [0.29, 0.717) is 6.04 Å². The maximum atomic E-state index is 9.37. The van der Waals surface area contributed by atoms with Gasteiger partial charge in [-0.1, -0.05) is 13.8 Å². The van der Waals surface area contributed by atoms with Crippen molar-refractivity contribution in [3.63, 3.8) is 0 Å². The van der Waals surface area contributed by atoms with Gasteiger partial charge in [-0.15, -0.1) is 0 Å². The zero-order chi connectivity index (χ0) is 8.91. The first-order valence-corrected chi connectivity index (χ1v) is 4.43. The van der Waals surface area contributed by atoms with E-state index in [9.17, 15) is 5.21 Å². The lowest BCUT2D eigenvalue weighted by molar-refractivity contribution is -1.09. The fourth-order valence-corrected chi connectivity index (χ4v) is 1.14. The molecule has 0 aromatic carbocycles. The van der Waals surface area contributed by atoms with Crippen LogP contribution in [0, 0.1) is 0 Å². The Hall–Kier alpha value is -0.120. The van der Waals surface area contributed by atoms with E-state index < -0.39 is 0 Å². The predicted octanol–water partition coefficient (Wildman–Crippen LogP) is 0.970. The summed E-state index contributed by atoms with van der Waals surface area (Å²) in [5.41, 5.74) is 5.63. The summed E-state index contributed by atoms with van der Waals surface area (Å²) >= 11 is 0. The Labute approximate surface area is 69.4 Å². The summed E-state index contributed by atoms with van der Waals surface area (Å²) < 4.78 is 0.160. The molecule has 0 saturated carbocycles. The van der Waals surface area contributed by atoms with Crippen LogP contribution in [0.5, 0.6) is 0 Å². The fraction of sp³-hybridized carbons (Fsp3) is 1.00. The summed E-state index contributed by atoms with van der Waals surface area (Å²) in [6.45, 7) is 5.61. The van der Waals surface area contributed by atoms with Crippen LogP contribution in [0.25, 0.3) is 0 Å². The molecule has 1 fully saturated rings. The number of likely N-dealkylation sites (tertiary alicyclic amines) is 1. The smallest absolute Gasteiger partial charge is 0.110 e. The molecule has 1 aliphatic heterocycles. The van der Waals surface area contributed by atoms with Crippen molar-refractivity contribution in [1.82, 2.24) is 0 Å². The highest BCUT2D eigenvalue weighted by Crippen LogP contribution is 2.11. The first kappa shape index (κ1) is 10.9. The van der Waals surface area contributed by atoms with Crippen molar-refractivity contribution in [3.8, 4) is 0 Å². The molecule has 1 aliphatic rings. The van der Waals surface area contributed by atoms with Crippen molar-refractivity contribution in [2.45, 2.75) is 32.7 Å². The van der Waals surface area contributed by atoms with Gasteiger partial charge in [-0.2, -0.15) is 4.65 Å². The molecular weight excluding hydrogens is 140 g/mol. The normalized spacial score (nSPS) is 37.4. The lowest BCUT2D eigenvalue weighted by Crippen LogP contribution is -2.49. The minimum Gasteiger partial charge on any atom is -0.327 e. The molecule has 3 nitrogen and oxygen atoms in total. The van der Waals surface area contributed by atoms with Gasteiger partial charge in [0.1, 0.15) is 13.1 Å². The van der Waals surface area contributed by atoms with Crippen molar-refractivity contribution in [2.24, 2.45) is 5.73 Å². The second-order valence-corrected chi connectivity index (χ2v) is 3.12. The molecule has 0 aromatic heterocycles. The second kappa shape index (κ2) is 4.70. The van der Waals surface area contributed by atoms with Gasteiger partial charge in [0, 0.05) is 18.9 Å². The van der Waals surface area contributed by atoms with Crippen LogP contribution in [0.4, 0.5) is 0 Å². The number of piperidine rings is 1. The number of quaternary nitrogens is 1. The number of hydrogen-bond donors (Lipinski definition) is 2.